The maximum atomic E-state index is 12.2. The number of fused-ring (bicyclic) bond motifs is 1. The van der Waals surface area contributed by atoms with Crippen LogP contribution in [0.2, 0.25) is 0 Å². The van der Waals surface area contributed by atoms with Gasteiger partial charge in [-0.1, -0.05) is 13.8 Å². The maximum absolute atomic E-state index is 12.2. The van der Waals surface area contributed by atoms with Crippen LogP contribution in [0.4, 0.5) is 5.69 Å². The van der Waals surface area contributed by atoms with Crippen molar-refractivity contribution in [3.05, 3.63) is 54.8 Å². The zero-order valence-electron chi connectivity index (χ0n) is 14.9. The number of nitrogens with zero attached hydrogens (tertiary/aromatic N) is 2. The first-order valence-corrected chi connectivity index (χ1v) is 8.05. The molecule has 2 N–H and O–H groups in total. The summed E-state index contributed by atoms with van der Waals surface area (Å²) < 4.78 is 0. The molecule has 25 heavy (non-hydrogen) atoms. The summed E-state index contributed by atoms with van der Waals surface area (Å²) in [6, 6.07) is 3.40. The fourth-order valence-corrected chi connectivity index (χ4v) is 2.26. The zero-order chi connectivity index (χ0) is 18.1. The standard InChI is InChI=1S/C14H13N4O2.C2H6.C2H5.W/c1-8-5-6-9(7-15-8)16-14(20)13-12-10(17-18-13)3-2-4-11(12)19;2*1-2;/h5-7H,1-4H2,(H,16,20)(H,17,18);1-2H3;1H2,2H3;/q-1;;-1;+2. The fourth-order valence-electron chi connectivity index (χ4n) is 2.26. The van der Waals surface area contributed by atoms with Gasteiger partial charge in [0, 0.05) is 24.0 Å². The van der Waals surface area contributed by atoms with Crippen LogP contribution in [-0.2, 0) is 27.5 Å². The molecule has 2 aromatic rings. The number of H-pyrrole nitrogens is 1. The van der Waals surface area contributed by atoms with E-state index in [4.69, 9.17) is 0 Å². The molecule has 2 heterocycles. The summed E-state index contributed by atoms with van der Waals surface area (Å²) in [5.41, 5.74) is 2.49. The molecule has 0 atom stereocenters. The Morgan fingerprint density at radius 3 is 2.52 bits per heavy atom. The third kappa shape index (κ3) is 5.82. The summed E-state index contributed by atoms with van der Waals surface area (Å²) in [5.74, 6) is -0.437. The summed E-state index contributed by atoms with van der Waals surface area (Å²) in [6.07, 6.45) is 3.52. The number of carbonyl (C=O) groups is 2. The molecule has 0 saturated heterocycles. The smallest absolute Gasteiger partial charge is 0.346 e. The number of aryl methyl sites for hydroxylation is 1. The molecule has 0 aromatic carbocycles. The second-order valence-corrected chi connectivity index (χ2v) is 4.69. The van der Waals surface area contributed by atoms with Gasteiger partial charge < -0.3 is 12.2 Å². The van der Waals surface area contributed by atoms with Crippen molar-refractivity contribution < 1.29 is 30.7 Å². The Kier molecular flexibility index (Phi) is 10.7. The van der Waals surface area contributed by atoms with Gasteiger partial charge in [0.25, 0.3) is 5.91 Å². The monoisotopic (exact) mass is 512 g/mol. The van der Waals surface area contributed by atoms with Crippen molar-refractivity contribution in [3.8, 4) is 0 Å². The van der Waals surface area contributed by atoms with Gasteiger partial charge in [0.2, 0.25) is 0 Å². The van der Waals surface area contributed by atoms with E-state index < -0.39 is 5.91 Å². The SMILES string of the molecule is CC.[CH2-]C.[CH2-]c1ccc(NC(=O)c2n[nH]c3c2C(=O)CCC3)cn1.[W+2]. The number of hydrogen-bond donors (Lipinski definition) is 2. The summed E-state index contributed by atoms with van der Waals surface area (Å²) in [5, 5.41) is 9.42. The quantitative estimate of drug-likeness (QED) is 0.602. The van der Waals surface area contributed by atoms with Gasteiger partial charge in [0.15, 0.2) is 11.5 Å². The van der Waals surface area contributed by atoms with E-state index in [-0.39, 0.29) is 32.5 Å². The minimum Gasteiger partial charge on any atom is -0.346 e. The molecule has 7 heteroatoms. The Morgan fingerprint density at radius 1 is 1.24 bits per heavy atom. The number of amides is 1. The van der Waals surface area contributed by atoms with E-state index in [1.165, 1.54) is 6.20 Å². The predicted molar refractivity (Wildman–Crippen MR) is 94.9 cm³/mol. The third-order valence-electron chi connectivity index (χ3n) is 3.25. The molecule has 0 unspecified atom stereocenters. The third-order valence-corrected chi connectivity index (χ3v) is 3.25. The van der Waals surface area contributed by atoms with Crippen molar-refractivity contribution in [1.82, 2.24) is 15.2 Å². The van der Waals surface area contributed by atoms with Crippen LogP contribution in [-0.4, -0.2) is 26.9 Å². The zero-order valence-corrected chi connectivity index (χ0v) is 17.8. The first kappa shape index (κ1) is 23.1. The van der Waals surface area contributed by atoms with E-state index in [2.05, 4.69) is 34.3 Å². The van der Waals surface area contributed by atoms with E-state index in [0.29, 0.717) is 23.4 Å². The van der Waals surface area contributed by atoms with Crippen molar-refractivity contribution in [2.45, 2.75) is 40.0 Å². The first-order valence-electron chi connectivity index (χ1n) is 8.05. The van der Waals surface area contributed by atoms with E-state index in [1.54, 1.807) is 19.1 Å². The molecule has 0 radical (unpaired) electrons. The Hall–Kier alpha value is -1.94. The van der Waals surface area contributed by atoms with Gasteiger partial charge in [0.1, 0.15) is 0 Å². The van der Waals surface area contributed by atoms with Crippen LogP contribution in [0.25, 0.3) is 0 Å². The van der Waals surface area contributed by atoms with Gasteiger partial charge in [-0.2, -0.15) is 18.1 Å². The van der Waals surface area contributed by atoms with E-state index in [0.717, 1.165) is 18.5 Å². The number of aromatic nitrogens is 3. The number of aromatic amines is 1. The minimum absolute atomic E-state index is 0. The Labute approximate surface area is 163 Å². The average Bonchev–Trinajstić information content (AvgIpc) is 3.06. The molecule has 0 saturated carbocycles. The second-order valence-electron chi connectivity index (χ2n) is 4.69. The van der Waals surface area contributed by atoms with E-state index in [1.807, 2.05) is 13.8 Å². The van der Waals surface area contributed by atoms with Crippen LogP contribution in [0.15, 0.2) is 18.3 Å². The molecule has 3 rings (SSSR count). The Balaban J connectivity index is 0.00000108. The summed E-state index contributed by atoms with van der Waals surface area (Å²) in [7, 11) is 0. The number of rotatable bonds is 2. The molecule has 6 nitrogen and oxygen atoms in total. The van der Waals surface area contributed by atoms with Gasteiger partial charge in [-0.05, 0) is 12.8 Å². The summed E-state index contributed by atoms with van der Waals surface area (Å²) in [4.78, 5) is 28.1. The molecule has 0 bridgehead atoms. The van der Waals surface area contributed by atoms with Crippen molar-refractivity contribution in [1.29, 1.82) is 0 Å². The summed E-state index contributed by atoms with van der Waals surface area (Å²) in [6.45, 7) is 12.7. The number of nitrogens with one attached hydrogen (secondary N) is 2. The van der Waals surface area contributed by atoms with Gasteiger partial charge in [0.05, 0.1) is 5.56 Å². The van der Waals surface area contributed by atoms with Crippen molar-refractivity contribution in [2.75, 3.05) is 5.32 Å². The number of carbonyl (C=O) groups excluding carboxylic acids is 2. The largest absolute Gasteiger partial charge is 2.00 e. The molecule has 0 fully saturated rings. The number of hydrogen-bond acceptors (Lipinski definition) is 4. The second kappa shape index (κ2) is 11.6. The first-order chi connectivity index (χ1) is 11.6. The molecule has 0 spiro atoms. The topological polar surface area (TPSA) is 87.7 Å². The molecule has 134 valence electrons. The van der Waals surface area contributed by atoms with Crippen LogP contribution >= 0.6 is 0 Å². The molecule has 1 amide bonds. The van der Waals surface area contributed by atoms with Gasteiger partial charge in [-0.25, -0.2) is 6.92 Å². The molecular formula is C18H24N4O2W. The van der Waals surface area contributed by atoms with Crippen LogP contribution in [0.5, 0.6) is 0 Å². The number of pyridine rings is 1. The maximum Gasteiger partial charge on any atom is 2.00 e. The molecule has 1 aliphatic carbocycles. The fraction of sp³-hybridized carbons (Fsp3) is 0.333. The van der Waals surface area contributed by atoms with Gasteiger partial charge in [-0.3, -0.25) is 19.7 Å². The molecule has 0 aliphatic heterocycles. The molecule has 2 aromatic heterocycles. The summed E-state index contributed by atoms with van der Waals surface area (Å²) >= 11 is 0. The van der Waals surface area contributed by atoms with Crippen LogP contribution in [0, 0.1) is 13.8 Å². The Bertz CT molecular complexity index is 681. The van der Waals surface area contributed by atoms with Crippen LogP contribution in [0.1, 0.15) is 65.8 Å². The number of anilines is 1. The average molecular weight is 512 g/mol. The molecule has 1 aliphatic rings. The van der Waals surface area contributed by atoms with E-state index in [9.17, 15) is 9.59 Å². The predicted octanol–water partition coefficient (Wildman–Crippen LogP) is 3.62. The number of Topliss-reactive ketones (excluding diaryl/α,β-unsaturated/α-hetero) is 1. The van der Waals surface area contributed by atoms with E-state index >= 15 is 0 Å². The van der Waals surface area contributed by atoms with Gasteiger partial charge >= 0.3 is 21.1 Å². The number of ketones is 1. The normalized spacial score (nSPS) is 11.6. The van der Waals surface area contributed by atoms with Crippen molar-refractivity contribution >= 4 is 17.4 Å². The molecular weight excluding hydrogens is 488 g/mol. The van der Waals surface area contributed by atoms with Crippen molar-refractivity contribution in [2.24, 2.45) is 0 Å². The van der Waals surface area contributed by atoms with Crippen molar-refractivity contribution in [3.63, 3.8) is 0 Å². The Morgan fingerprint density at radius 2 is 1.92 bits per heavy atom. The minimum atomic E-state index is -0.406. The van der Waals surface area contributed by atoms with Crippen LogP contribution < -0.4 is 5.32 Å². The van der Waals surface area contributed by atoms with Gasteiger partial charge in [-0.15, -0.1) is 11.8 Å². The van der Waals surface area contributed by atoms with Crippen LogP contribution in [0.3, 0.4) is 0 Å².